The second kappa shape index (κ2) is 4.17. The van der Waals surface area contributed by atoms with E-state index >= 15 is 0 Å². The number of hydrogen-bond donors (Lipinski definition) is 1. The third-order valence-corrected chi connectivity index (χ3v) is 4.01. The number of aromatic nitrogens is 2. The molecule has 0 unspecified atom stereocenters. The third kappa shape index (κ3) is 1.96. The van der Waals surface area contributed by atoms with Crippen molar-refractivity contribution < 1.29 is 0 Å². The Labute approximate surface area is 101 Å². The Balaban J connectivity index is 1.89. The van der Waals surface area contributed by atoms with Crippen LogP contribution >= 0.6 is 0 Å². The first-order valence-electron chi connectivity index (χ1n) is 6.61. The summed E-state index contributed by atoms with van der Waals surface area (Å²) in [6.07, 6.45) is 5.33. The Bertz CT molecular complexity index is 472. The van der Waals surface area contributed by atoms with Crippen molar-refractivity contribution in [2.24, 2.45) is 5.92 Å². The van der Waals surface area contributed by atoms with Crippen molar-refractivity contribution in [3.63, 3.8) is 0 Å². The number of anilines is 1. The van der Waals surface area contributed by atoms with Gasteiger partial charge in [0.1, 0.15) is 0 Å². The molecule has 1 N–H and O–H groups in total. The standard InChI is InChI=1S/C13H19N3O/c1-9-5-7-16(8-6-9)13-14-11-4-2-3-10(11)12(17)15-13/h9H,2-8H2,1H3,(H,14,15,17). The molecule has 0 atom stereocenters. The predicted octanol–water partition coefficient (Wildman–Crippen LogP) is 1.49. The molecule has 1 aromatic rings. The average Bonchev–Trinajstić information content (AvgIpc) is 2.78. The van der Waals surface area contributed by atoms with Gasteiger partial charge >= 0.3 is 0 Å². The fourth-order valence-electron chi connectivity index (χ4n) is 2.80. The molecule has 4 heteroatoms. The maximum Gasteiger partial charge on any atom is 0.255 e. The van der Waals surface area contributed by atoms with Crippen LogP contribution in [-0.4, -0.2) is 23.1 Å². The van der Waals surface area contributed by atoms with Crippen molar-refractivity contribution >= 4 is 5.95 Å². The molecule has 0 bridgehead atoms. The Morgan fingerprint density at radius 1 is 1.29 bits per heavy atom. The number of fused-ring (bicyclic) bond motifs is 1. The molecule has 0 amide bonds. The summed E-state index contributed by atoms with van der Waals surface area (Å²) < 4.78 is 0. The Hall–Kier alpha value is -1.32. The van der Waals surface area contributed by atoms with Crippen LogP contribution in [0.5, 0.6) is 0 Å². The molecule has 1 saturated heterocycles. The minimum Gasteiger partial charge on any atom is -0.342 e. The molecule has 1 aliphatic heterocycles. The molecule has 0 radical (unpaired) electrons. The smallest absolute Gasteiger partial charge is 0.255 e. The predicted molar refractivity (Wildman–Crippen MR) is 67.5 cm³/mol. The van der Waals surface area contributed by atoms with Crippen LogP contribution in [0, 0.1) is 5.92 Å². The summed E-state index contributed by atoms with van der Waals surface area (Å²) in [4.78, 5) is 21.7. The van der Waals surface area contributed by atoms with Crippen molar-refractivity contribution in [3.8, 4) is 0 Å². The lowest BCUT2D eigenvalue weighted by Gasteiger charge is -2.30. The van der Waals surface area contributed by atoms with E-state index in [1.54, 1.807) is 0 Å². The monoisotopic (exact) mass is 233 g/mol. The number of aryl methyl sites for hydroxylation is 1. The Morgan fingerprint density at radius 3 is 2.82 bits per heavy atom. The van der Waals surface area contributed by atoms with Gasteiger partial charge in [-0.2, -0.15) is 0 Å². The van der Waals surface area contributed by atoms with Crippen LogP contribution in [0.3, 0.4) is 0 Å². The second-order valence-corrected chi connectivity index (χ2v) is 5.34. The SMILES string of the molecule is CC1CCN(c2nc3c(c(=O)[nH]2)CCC3)CC1. The normalized spacial score (nSPS) is 20.6. The topological polar surface area (TPSA) is 49.0 Å². The fraction of sp³-hybridized carbons (Fsp3) is 0.692. The maximum absolute atomic E-state index is 11.9. The number of hydrogen-bond acceptors (Lipinski definition) is 3. The second-order valence-electron chi connectivity index (χ2n) is 5.34. The first-order valence-corrected chi connectivity index (χ1v) is 6.61. The van der Waals surface area contributed by atoms with E-state index in [9.17, 15) is 4.79 Å². The average molecular weight is 233 g/mol. The van der Waals surface area contributed by atoms with E-state index in [-0.39, 0.29) is 5.56 Å². The molecule has 1 aliphatic carbocycles. The lowest BCUT2D eigenvalue weighted by Crippen LogP contribution is -2.35. The lowest BCUT2D eigenvalue weighted by molar-refractivity contribution is 0.434. The zero-order chi connectivity index (χ0) is 11.8. The number of rotatable bonds is 1. The van der Waals surface area contributed by atoms with Gasteiger partial charge < -0.3 is 4.90 Å². The van der Waals surface area contributed by atoms with Crippen molar-refractivity contribution in [2.45, 2.75) is 39.0 Å². The number of piperidine rings is 1. The zero-order valence-electron chi connectivity index (χ0n) is 10.3. The van der Waals surface area contributed by atoms with Crippen LogP contribution < -0.4 is 10.5 Å². The van der Waals surface area contributed by atoms with Crippen LogP contribution in [0.25, 0.3) is 0 Å². The van der Waals surface area contributed by atoms with E-state index in [0.29, 0.717) is 0 Å². The van der Waals surface area contributed by atoms with E-state index in [0.717, 1.165) is 55.5 Å². The first kappa shape index (κ1) is 10.8. The molecule has 1 aromatic heterocycles. The van der Waals surface area contributed by atoms with Gasteiger partial charge in [-0.25, -0.2) is 4.98 Å². The van der Waals surface area contributed by atoms with Gasteiger partial charge in [0.05, 0.1) is 5.69 Å². The lowest BCUT2D eigenvalue weighted by atomic mass is 10.00. The molecule has 0 spiro atoms. The van der Waals surface area contributed by atoms with Gasteiger partial charge in [0.2, 0.25) is 5.95 Å². The van der Waals surface area contributed by atoms with Crippen LogP contribution in [-0.2, 0) is 12.8 Å². The molecule has 4 nitrogen and oxygen atoms in total. The summed E-state index contributed by atoms with van der Waals surface area (Å²) in [7, 11) is 0. The van der Waals surface area contributed by atoms with Crippen LogP contribution in [0.2, 0.25) is 0 Å². The van der Waals surface area contributed by atoms with Crippen molar-refractivity contribution in [1.29, 1.82) is 0 Å². The highest BCUT2D eigenvalue weighted by molar-refractivity contribution is 5.35. The van der Waals surface area contributed by atoms with Crippen molar-refractivity contribution in [3.05, 3.63) is 21.6 Å². The fourth-order valence-corrected chi connectivity index (χ4v) is 2.80. The summed E-state index contributed by atoms with van der Waals surface area (Å²) in [5, 5.41) is 0. The molecule has 0 saturated carbocycles. The van der Waals surface area contributed by atoms with Gasteiger partial charge in [-0.3, -0.25) is 9.78 Å². The summed E-state index contributed by atoms with van der Waals surface area (Å²) in [6, 6.07) is 0. The van der Waals surface area contributed by atoms with E-state index in [4.69, 9.17) is 0 Å². The largest absolute Gasteiger partial charge is 0.342 e. The zero-order valence-corrected chi connectivity index (χ0v) is 10.3. The number of aromatic amines is 1. The summed E-state index contributed by atoms with van der Waals surface area (Å²) >= 11 is 0. The Kier molecular flexibility index (Phi) is 2.65. The minimum atomic E-state index is 0.0844. The first-order chi connectivity index (χ1) is 8.24. The van der Waals surface area contributed by atoms with Gasteiger partial charge in [-0.05, 0) is 38.0 Å². The van der Waals surface area contributed by atoms with E-state index in [2.05, 4.69) is 21.8 Å². The Morgan fingerprint density at radius 2 is 2.06 bits per heavy atom. The molecule has 92 valence electrons. The highest BCUT2D eigenvalue weighted by atomic mass is 16.1. The number of nitrogens with one attached hydrogen (secondary N) is 1. The van der Waals surface area contributed by atoms with Gasteiger partial charge in [0, 0.05) is 18.7 Å². The number of H-pyrrole nitrogens is 1. The highest BCUT2D eigenvalue weighted by Gasteiger charge is 2.21. The quantitative estimate of drug-likeness (QED) is 0.799. The molecular weight excluding hydrogens is 214 g/mol. The van der Waals surface area contributed by atoms with Gasteiger partial charge in [-0.1, -0.05) is 6.92 Å². The maximum atomic E-state index is 11.9. The van der Waals surface area contributed by atoms with Crippen LogP contribution in [0.4, 0.5) is 5.95 Å². The molecule has 0 aromatic carbocycles. The summed E-state index contributed by atoms with van der Waals surface area (Å²) in [5.41, 5.74) is 2.03. The molecule has 2 aliphatic rings. The highest BCUT2D eigenvalue weighted by Crippen LogP contribution is 2.22. The molecule has 1 fully saturated rings. The van der Waals surface area contributed by atoms with Gasteiger partial charge in [0.25, 0.3) is 5.56 Å². The van der Waals surface area contributed by atoms with Crippen LogP contribution in [0.1, 0.15) is 37.4 Å². The number of nitrogens with zero attached hydrogens (tertiary/aromatic N) is 2. The molecule has 3 rings (SSSR count). The van der Waals surface area contributed by atoms with E-state index < -0.39 is 0 Å². The van der Waals surface area contributed by atoms with Gasteiger partial charge in [-0.15, -0.1) is 0 Å². The molecule has 17 heavy (non-hydrogen) atoms. The molecule has 2 heterocycles. The summed E-state index contributed by atoms with van der Waals surface area (Å²) in [6.45, 7) is 4.32. The van der Waals surface area contributed by atoms with Crippen molar-refractivity contribution in [1.82, 2.24) is 9.97 Å². The van der Waals surface area contributed by atoms with Crippen LogP contribution in [0.15, 0.2) is 4.79 Å². The van der Waals surface area contributed by atoms with Crippen molar-refractivity contribution in [2.75, 3.05) is 18.0 Å². The summed E-state index contributed by atoms with van der Waals surface area (Å²) in [5.74, 6) is 1.59. The minimum absolute atomic E-state index is 0.0844. The van der Waals surface area contributed by atoms with E-state index in [1.807, 2.05) is 0 Å². The van der Waals surface area contributed by atoms with Gasteiger partial charge in [0.15, 0.2) is 0 Å². The van der Waals surface area contributed by atoms with E-state index in [1.165, 1.54) is 12.8 Å². The third-order valence-electron chi connectivity index (χ3n) is 4.01. The molecular formula is C13H19N3O.